The molecule has 0 saturated carbocycles. The quantitative estimate of drug-likeness (QED) is 0.448. The first-order chi connectivity index (χ1) is 16.1. The normalized spacial score (nSPS) is 15.1. The maximum atomic E-state index is 13.4. The summed E-state index contributed by atoms with van der Waals surface area (Å²) < 4.78 is 2.00. The fourth-order valence-corrected chi connectivity index (χ4v) is 4.81. The molecular weight excluding hydrogens is 410 g/mol. The van der Waals surface area contributed by atoms with Crippen LogP contribution < -0.4 is 5.43 Å². The van der Waals surface area contributed by atoms with Crippen LogP contribution in [0.4, 0.5) is 0 Å². The predicted molar refractivity (Wildman–Crippen MR) is 133 cm³/mol. The lowest BCUT2D eigenvalue weighted by Gasteiger charge is -2.23. The Hall–Kier alpha value is -3.44. The first kappa shape index (κ1) is 21.4. The summed E-state index contributed by atoms with van der Waals surface area (Å²) in [5.74, 6) is 0.103. The number of hydrogen-bond donors (Lipinski definition) is 0. The lowest BCUT2D eigenvalue weighted by atomic mass is 10.1. The van der Waals surface area contributed by atoms with Crippen LogP contribution in [0, 0.1) is 6.92 Å². The van der Waals surface area contributed by atoms with Crippen LogP contribution in [0.25, 0.3) is 21.8 Å². The van der Waals surface area contributed by atoms with Crippen molar-refractivity contribution >= 4 is 27.7 Å². The topological polar surface area (TPSA) is 45.5 Å². The van der Waals surface area contributed by atoms with E-state index < -0.39 is 0 Å². The second kappa shape index (κ2) is 9.20. The van der Waals surface area contributed by atoms with Crippen molar-refractivity contribution in [2.75, 3.05) is 26.2 Å². The first-order valence-corrected chi connectivity index (χ1v) is 11.7. The molecule has 1 amide bonds. The molecule has 5 heteroatoms. The summed E-state index contributed by atoms with van der Waals surface area (Å²) in [7, 11) is 0. The monoisotopic (exact) mass is 439 g/mol. The van der Waals surface area contributed by atoms with E-state index in [-0.39, 0.29) is 17.9 Å². The molecule has 0 atom stereocenters. The molecule has 2 heterocycles. The molecule has 5 nitrogen and oxygen atoms in total. The summed E-state index contributed by atoms with van der Waals surface area (Å²) >= 11 is 0. The van der Waals surface area contributed by atoms with E-state index in [0.717, 1.165) is 50.2 Å². The van der Waals surface area contributed by atoms with Crippen molar-refractivity contribution in [1.82, 2.24) is 14.4 Å². The zero-order valence-electron chi connectivity index (χ0n) is 19.0. The Morgan fingerprint density at radius 1 is 0.788 bits per heavy atom. The van der Waals surface area contributed by atoms with Crippen LogP contribution >= 0.6 is 0 Å². The van der Waals surface area contributed by atoms with Gasteiger partial charge >= 0.3 is 0 Å². The van der Waals surface area contributed by atoms with Gasteiger partial charge in [-0.05, 0) is 43.2 Å². The van der Waals surface area contributed by atoms with Gasteiger partial charge in [0.15, 0.2) is 5.43 Å². The molecule has 1 saturated heterocycles. The molecule has 1 aliphatic rings. The van der Waals surface area contributed by atoms with Gasteiger partial charge in [0.25, 0.3) is 0 Å². The summed E-state index contributed by atoms with van der Waals surface area (Å²) in [4.78, 5) is 30.8. The van der Waals surface area contributed by atoms with Crippen LogP contribution in [0.3, 0.4) is 0 Å². The van der Waals surface area contributed by atoms with Gasteiger partial charge < -0.3 is 9.47 Å². The second-order valence-corrected chi connectivity index (χ2v) is 8.95. The smallest absolute Gasteiger partial charge is 0.242 e. The highest BCUT2D eigenvalue weighted by molar-refractivity contribution is 5.94. The summed E-state index contributed by atoms with van der Waals surface area (Å²) in [5.41, 5.74) is 4.22. The number of carbonyl (C=O) groups excluding carboxylic acids is 1. The van der Waals surface area contributed by atoms with Crippen molar-refractivity contribution in [3.05, 3.63) is 94.1 Å². The molecule has 168 valence electrons. The minimum Gasteiger partial charge on any atom is -0.340 e. The summed E-state index contributed by atoms with van der Waals surface area (Å²) in [6.07, 6.45) is 0.962. The molecule has 1 fully saturated rings. The maximum absolute atomic E-state index is 13.4. The van der Waals surface area contributed by atoms with Crippen molar-refractivity contribution in [3.8, 4) is 0 Å². The Morgan fingerprint density at radius 3 is 2.09 bits per heavy atom. The van der Waals surface area contributed by atoms with Crippen LogP contribution in [0.15, 0.2) is 77.6 Å². The largest absolute Gasteiger partial charge is 0.340 e. The van der Waals surface area contributed by atoms with Gasteiger partial charge in [0.1, 0.15) is 6.54 Å². The minimum absolute atomic E-state index is 0.0198. The van der Waals surface area contributed by atoms with Crippen molar-refractivity contribution in [1.29, 1.82) is 0 Å². The zero-order valence-corrected chi connectivity index (χ0v) is 19.0. The van der Waals surface area contributed by atoms with E-state index in [1.54, 1.807) is 0 Å². The Bertz CT molecular complexity index is 1300. The molecule has 5 rings (SSSR count). The van der Waals surface area contributed by atoms with Gasteiger partial charge in [-0.25, -0.2) is 0 Å². The first-order valence-electron chi connectivity index (χ1n) is 11.7. The second-order valence-electron chi connectivity index (χ2n) is 8.95. The lowest BCUT2D eigenvalue weighted by Crippen LogP contribution is -2.37. The van der Waals surface area contributed by atoms with Gasteiger partial charge in [-0.2, -0.15) is 0 Å². The molecule has 0 unspecified atom stereocenters. The summed E-state index contributed by atoms with van der Waals surface area (Å²) in [6, 6.07) is 23.8. The molecule has 0 spiro atoms. The standard InChI is InChI=1S/C28H29N3O2/c1-21-11-13-22(14-12-21)19-29-15-6-16-30(18-17-29)27(32)20-31-25-9-4-2-7-23(25)28(33)24-8-3-5-10-26(24)31/h2-5,7-14H,6,15-20H2,1H3. The minimum atomic E-state index is 0.0198. The fraction of sp³-hybridized carbons (Fsp3) is 0.286. The average molecular weight is 440 g/mol. The molecule has 3 aromatic carbocycles. The third-order valence-corrected chi connectivity index (χ3v) is 6.64. The number of fused-ring (bicyclic) bond motifs is 2. The fourth-order valence-electron chi connectivity index (χ4n) is 4.81. The van der Waals surface area contributed by atoms with E-state index in [2.05, 4.69) is 36.1 Å². The van der Waals surface area contributed by atoms with Crippen LogP contribution in [-0.2, 0) is 17.9 Å². The number of pyridine rings is 1. The van der Waals surface area contributed by atoms with Crippen LogP contribution in [0.2, 0.25) is 0 Å². The third kappa shape index (κ3) is 4.41. The van der Waals surface area contributed by atoms with Gasteiger partial charge in [-0.1, -0.05) is 54.1 Å². The predicted octanol–water partition coefficient (Wildman–Crippen LogP) is 4.20. The Kier molecular flexibility index (Phi) is 5.97. The van der Waals surface area contributed by atoms with Crippen LogP contribution in [-0.4, -0.2) is 46.5 Å². The molecule has 0 radical (unpaired) electrons. The van der Waals surface area contributed by atoms with Gasteiger partial charge in [-0.15, -0.1) is 0 Å². The highest BCUT2D eigenvalue weighted by Crippen LogP contribution is 2.20. The number of amides is 1. The van der Waals surface area contributed by atoms with Crippen molar-refractivity contribution < 1.29 is 4.79 Å². The van der Waals surface area contributed by atoms with Crippen LogP contribution in [0.1, 0.15) is 17.5 Å². The SMILES string of the molecule is Cc1ccc(CN2CCCN(C(=O)Cn3c4ccccc4c(=O)c4ccccc43)CC2)cc1. The zero-order chi connectivity index (χ0) is 22.8. The van der Waals surface area contributed by atoms with E-state index in [1.165, 1.54) is 11.1 Å². The molecule has 0 N–H and O–H groups in total. The lowest BCUT2D eigenvalue weighted by molar-refractivity contribution is -0.131. The number of carbonyl (C=O) groups is 1. The summed E-state index contributed by atoms with van der Waals surface area (Å²) in [6.45, 7) is 6.59. The highest BCUT2D eigenvalue weighted by atomic mass is 16.2. The molecular formula is C28H29N3O2. The van der Waals surface area contributed by atoms with Gasteiger partial charge in [0.05, 0.1) is 11.0 Å². The van der Waals surface area contributed by atoms with E-state index in [0.29, 0.717) is 10.8 Å². The Morgan fingerprint density at radius 2 is 1.42 bits per heavy atom. The molecule has 0 bridgehead atoms. The van der Waals surface area contributed by atoms with Gasteiger partial charge in [0, 0.05) is 43.5 Å². The average Bonchev–Trinajstić information content (AvgIpc) is 3.09. The van der Waals surface area contributed by atoms with Crippen LogP contribution in [0.5, 0.6) is 0 Å². The highest BCUT2D eigenvalue weighted by Gasteiger charge is 2.21. The van der Waals surface area contributed by atoms with Crippen molar-refractivity contribution in [2.24, 2.45) is 0 Å². The molecule has 1 aliphatic heterocycles. The number of rotatable bonds is 4. The van der Waals surface area contributed by atoms with E-state index in [1.807, 2.05) is 58.0 Å². The van der Waals surface area contributed by atoms with Crippen molar-refractivity contribution in [2.45, 2.75) is 26.4 Å². The number of hydrogen-bond acceptors (Lipinski definition) is 3. The number of aryl methyl sites for hydroxylation is 1. The van der Waals surface area contributed by atoms with E-state index in [9.17, 15) is 9.59 Å². The molecule has 1 aromatic heterocycles. The maximum Gasteiger partial charge on any atom is 0.242 e. The molecule has 4 aromatic rings. The van der Waals surface area contributed by atoms with Gasteiger partial charge in [-0.3, -0.25) is 14.5 Å². The number of para-hydroxylation sites is 2. The van der Waals surface area contributed by atoms with Crippen molar-refractivity contribution in [3.63, 3.8) is 0 Å². The van der Waals surface area contributed by atoms with E-state index in [4.69, 9.17) is 0 Å². The third-order valence-electron chi connectivity index (χ3n) is 6.64. The van der Waals surface area contributed by atoms with E-state index >= 15 is 0 Å². The molecule has 33 heavy (non-hydrogen) atoms. The number of aromatic nitrogens is 1. The van der Waals surface area contributed by atoms with Gasteiger partial charge in [0.2, 0.25) is 5.91 Å². The Labute approximate surface area is 193 Å². The number of benzene rings is 3. The Balaban J connectivity index is 1.36. The molecule has 0 aliphatic carbocycles. The summed E-state index contributed by atoms with van der Waals surface area (Å²) in [5, 5.41) is 1.31. The number of nitrogens with zero attached hydrogens (tertiary/aromatic N) is 3.